The Hall–Kier alpha value is -3.11. The number of rotatable bonds is 5. The van der Waals surface area contributed by atoms with Crippen LogP contribution in [0, 0.1) is 12.3 Å². The summed E-state index contributed by atoms with van der Waals surface area (Å²) in [6.45, 7) is 0.300. The van der Waals surface area contributed by atoms with Crippen LogP contribution in [-0.2, 0) is 11.8 Å². The van der Waals surface area contributed by atoms with Crippen molar-refractivity contribution in [2.24, 2.45) is 7.05 Å². The minimum Gasteiger partial charge on any atom is -0.493 e. The van der Waals surface area contributed by atoms with Gasteiger partial charge >= 0.3 is 0 Å². The summed E-state index contributed by atoms with van der Waals surface area (Å²) in [7, 11) is 4.70. The summed E-state index contributed by atoms with van der Waals surface area (Å²) < 4.78 is 18.2. The predicted octanol–water partition coefficient (Wildman–Crippen LogP) is 2.70. The molecular formula is C20H19ClN2O5. The summed E-state index contributed by atoms with van der Waals surface area (Å²) in [6.07, 6.45) is 7.42. The van der Waals surface area contributed by atoms with Crippen molar-refractivity contribution in [3.63, 3.8) is 0 Å². The number of ether oxygens (including phenoxy) is 3. The summed E-state index contributed by atoms with van der Waals surface area (Å²) in [5.74, 6) is 2.60. The third kappa shape index (κ3) is 3.16. The molecule has 2 aromatic rings. The Balaban J connectivity index is 2.15. The van der Waals surface area contributed by atoms with Gasteiger partial charge in [0, 0.05) is 19.0 Å². The van der Waals surface area contributed by atoms with E-state index >= 15 is 0 Å². The van der Waals surface area contributed by atoms with E-state index in [2.05, 4.69) is 5.92 Å². The van der Waals surface area contributed by atoms with Crippen LogP contribution in [0.25, 0.3) is 10.9 Å². The normalized spacial score (nSPS) is 13.9. The molecule has 1 aliphatic rings. The van der Waals surface area contributed by atoms with Crippen molar-refractivity contribution in [1.29, 1.82) is 0 Å². The van der Waals surface area contributed by atoms with Crippen molar-refractivity contribution >= 4 is 34.3 Å². The lowest BCUT2D eigenvalue weighted by atomic mass is 10.2. The SMILES string of the molecule is C#CCOc1c(OC)cc2cc(C(=O)N3CCC=C(Cl)C3=O)n(C)c2c1OC. The Morgan fingerprint density at radius 3 is 2.68 bits per heavy atom. The van der Waals surface area contributed by atoms with Gasteiger partial charge in [-0.2, -0.15) is 0 Å². The Morgan fingerprint density at radius 1 is 1.29 bits per heavy atom. The molecule has 2 heterocycles. The maximum Gasteiger partial charge on any atom is 0.277 e. The molecule has 1 aromatic carbocycles. The van der Waals surface area contributed by atoms with Crippen LogP contribution in [0.15, 0.2) is 23.2 Å². The lowest BCUT2D eigenvalue weighted by Gasteiger charge is -2.23. The fourth-order valence-corrected chi connectivity index (χ4v) is 3.42. The van der Waals surface area contributed by atoms with E-state index in [1.807, 2.05) is 0 Å². The predicted molar refractivity (Wildman–Crippen MR) is 105 cm³/mol. The zero-order valence-electron chi connectivity index (χ0n) is 15.7. The fourth-order valence-electron chi connectivity index (χ4n) is 3.21. The minimum atomic E-state index is -0.509. The number of carbonyl (C=O) groups excluding carboxylic acids is 2. The van der Waals surface area contributed by atoms with E-state index in [9.17, 15) is 9.59 Å². The van der Waals surface area contributed by atoms with Crippen LogP contribution in [0.1, 0.15) is 16.9 Å². The molecule has 146 valence electrons. The van der Waals surface area contributed by atoms with E-state index < -0.39 is 11.8 Å². The monoisotopic (exact) mass is 402 g/mol. The number of fused-ring (bicyclic) bond motifs is 1. The van der Waals surface area contributed by atoms with Gasteiger partial charge < -0.3 is 18.8 Å². The second kappa shape index (κ2) is 7.87. The number of halogens is 1. The molecule has 0 saturated carbocycles. The third-order valence-electron chi connectivity index (χ3n) is 4.51. The van der Waals surface area contributed by atoms with Gasteiger partial charge in [-0.25, -0.2) is 0 Å². The zero-order valence-corrected chi connectivity index (χ0v) is 16.5. The molecule has 7 nitrogen and oxygen atoms in total. The highest BCUT2D eigenvalue weighted by molar-refractivity contribution is 6.43. The molecule has 3 rings (SSSR count). The van der Waals surface area contributed by atoms with E-state index in [-0.39, 0.29) is 18.2 Å². The number of imide groups is 1. The first-order chi connectivity index (χ1) is 13.4. The second-order valence-electron chi connectivity index (χ2n) is 6.06. The molecule has 1 aromatic heterocycles. The molecule has 1 aliphatic heterocycles. The van der Waals surface area contributed by atoms with Gasteiger partial charge in [-0.1, -0.05) is 23.6 Å². The molecule has 0 atom stereocenters. The Labute approximate surface area is 167 Å². The maximum absolute atomic E-state index is 13.0. The van der Waals surface area contributed by atoms with Gasteiger partial charge in [-0.15, -0.1) is 6.42 Å². The Morgan fingerprint density at radius 2 is 2.04 bits per heavy atom. The molecule has 2 amide bonds. The number of aryl methyl sites for hydroxylation is 1. The van der Waals surface area contributed by atoms with Crippen LogP contribution in [0.2, 0.25) is 0 Å². The van der Waals surface area contributed by atoms with Gasteiger partial charge in [0.15, 0.2) is 11.5 Å². The van der Waals surface area contributed by atoms with Crippen LogP contribution >= 0.6 is 11.6 Å². The van der Waals surface area contributed by atoms with Crippen molar-refractivity contribution in [2.45, 2.75) is 6.42 Å². The van der Waals surface area contributed by atoms with E-state index in [1.54, 1.807) is 29.8 Å². The molecule has 0 spiro atoms. The smallest absolute Gasteiger partial charge is 0.277 e. The summed E-state index contributed by atoms with van der Waals surface area (Å²) in [6, 6.07) is 3.40. The number of terminal acetylenes is 1. The number of hydrogen-bond acceptors (Lipinski definition) is 5. The van der Waals surface area contributed by atoms with E-state index in [4.69, 9.17) is 32.2 Å². The van der Waals surface area contributed by atoms with E-state index in [0.717, 1.165) is 4.90 Å². The average molecular weight is 403 g/mol. The molecule has 0 bridgehead atoms. The van der Waals surface area contributed by atoms with Gasteiger partial charge in [-0.3, -0.25) is 14.5 Å². The van der Waals surface area contributed by atoms with E-state index in [0.29, 0.717) is 40.3 Å². The maximum atomic E-state index is 13.0. The highest BCUT2D eigenvalue weighted by atomic mass is 35.5. The molecule has 0 fully saturated rings. The van der Waals surface area contributed by atoms with Crippen LogP contribution in [0.5, 0.6) is 17.2 Å². The Kier molecular flexibility index (Phi) is 5.52. The minimum absolute atomic E-state index is 0.0293. The van der Waals surface area contributed by atoms with Crippen LogP contribution in [-0.4, -0.2) is 48.7 Å². The first kappa shape index (κ1) is 19.6. The van der Waals surface area contributed by atoms with Crippen molar-refractivity contribution in [2.75, 3.05) is 27.4 Å². The number of methoxy groups -OCH3 is 2. The van der Waals surface area contributed by atoms with Gasteiger partial charge in [0.2, 0.25) is 5.75 Å². The third-order valence-corrected chi connectivity index (χ3v) is 4.82. The Bertz CT molecular complexity index is 1030. The van der Waals surface area contributed by atoms with Crippen molar-refractivity contribution in [3.8, 4) is 29.6 Å². The van der Waals surface area contributed by atoms with Crippen LogP contribution in [0.4, 0.5) is 0 Å². The molecular weight excluding hydrogens is 384 g/mol. The van der Waals surface area contributed by atoms with E-state index in [1.165, 1.54) is 14.2 Å². The molecule has 0 unspecified atom stereocenters. The molecule has 8 heteroatoms. The molecule has 0 aliphatic carbocycles. The number of amides is 2. The largest absolute Gasteiger partial charge is 0.493 e. The zero-order chi connectivity index (χ0) is 20.4. The quantitative estimate of drug-likeness (QED) is 0.568. The lowest BCUT2D eigenvalue weighted by Crippen LogP contribution is -2.40. The number of carbonyl (C=O) groups is 2. The summed E-state index contributed by atoms with van der Waals surface area (Å²) in [5, 5.41) is 0.737. The standard InChI is InChI=1S/C20H19ClN2O5/c1-5-9-28-17-15(26-3)11-12-10-14(22(2)16(12)18(17)27-4)20(25)23-8-6-7-13(21)19(23)24/h1,7,10-11H,6,8-9H2,2-4H3. The fraction of sp³-hybridized carbons (Fsp3) is 0.300. The first-order valence-corrected chi connectivity index (χ1v) is 8.84. The van der Waals surface area contributed by atoms with Gasteiger partial charge in [0.25, 0.3) is 11.8 Å². The van der Waals surface area contributed by atoms with Crippen LogP contribution < -0.4 is 14.2 Å². The highest BCUT2D eigenvalue weighted by Gasteiger charge is 2.30. The molecule has 0 saturated heterocycles. The second-order valence-corrected chi connectivity index (χ2v) is 6.47. The van der Waals surface area contributed by atoms with Crippen molar-refractivity contribution in [1.82, 2.24) is 9.47 Å². The highest BCUT2D eigenvalue weighted by Crippen LogP contribution is 2.44. The number of benzene rings is 1. The topological polar surface area (TPSA) is 70.0 Å². The molecule has 28 heavy (non-hydrogen) atoms. The van der Waals surface area contributed by atoms with Gasteiger partial charge in [-0.05, 0) is 18.6 Å². The van der Waals surface area contributed by atoms with Crippen molar-refractivity contribution in [3.05, 3.63) is 28.9 Å². The summed E-state index contributed by atoms with van der Waals surface area (Å²) in [4.78, 5) is 26.4. The molecule has 0 N–H and O–H groups in total. The van der Waals surface area contributed by atoms with Crippen LogP contribution in [0.3, 0.4) is 0 Å². The average Bonchev–Trinajstić information content (AvgIpc) is 3.03. The van der Waals surface area contributed by atoms with Gasteiger partial charge in [0.05, 0.1) is 19.7 Å². The summed E-state index contributed by atoms with van der Waals surface area (Å²) in [5.41, 5.74) is 0.925. The first-order valence-electron chi connectivity index (χ1n) is 8.47. The molecule has 0 radical (unpaired) electrons. The summed E-state index contributed by atoms with van der Waals surface area (Å²) >= 11 is 5.91. The number of hydrogen-bond donors (Lipinski definition) is 0. The van der Waals surface area contributed by atoms with Gasteiger partial charge in [0.1, 0.15) is 17.3 Å². The number of nitrogens with zero attached hydrogens (tertiary/aromatic N) is 2. The van der Waals surface area contributed by atoms with Crippen molar-refractivity contribution < 1.29 is 23.8 Å². The lowest BCUT2D eigenvalue weighted by molar-refractivity contribution is -0.124. The number of aromatic nitrogens is 1.